The van der Waals surface area contributed by atoms with Gasteiger partial charge in [0.2, 0.25) is 0 Å². The van der Waals surface area contributed by atoms with E-state index in [9.17, 15) is 26.4 Å². The van der Waals surface area contributed by atoms with Crippen LogP contribution in [0, 0.1) is 0 Å². The number of alkyl halides is 3. The molecule has 2 saturated heterocycles. The van der Waals surface area contributed by atoms with Crippen LogP contribution in [0.2, 0.25) is 0 Å². The van der Waals surface area contributed by atoms with Gasteiger partial charge in [-0.3, -0.25) is 9.79 Å². The minimum atomic E-state index is -4.46. The molecule has 1 unspecified atom stereocenters. The summed E-state index contributed by atoms with van der Waals surface area (Å²) in [6, 6.07) is 10.1. The second kappa shape index (κ2) is 8.92. The quantitative estimate of drug-likeness (QED) is 0.620. The highest BCUT2D eigenvalue weighted by Crippen LogP contribution is 2.39. The molecule has 0 bridgehead atoms. The maximum absolute atomic E-state index is 13.5. The minimum absolute atomic E-state index is 0.0123. The predicted octanol–water partition coefficient (Wildman–Crippen LogP) is 4.22. The Morgan fingerprint density at radius 2 is 1.66 bits per heavy atom. The van der Waals surface area contributed by atoms with E-state index in [0.717, 1.165) is 22.6 Å². The van der Waals surface area contributed by atoms with Crippen LogP contribution < -0.4 is 4.90 Å². The molecule has 2 fully saturated rings. The number of piperidine rings is 1. The molecule has 0 spiro atoms. The van der Waals surface area contributed by atoms with Gasteiger partial charge in [-0.2, -0.15) is 13.2 Å². The van der Waals surface area contributed by atoms with E-state index in [0.29, 0.717) is 31.5 Å². The monoisotopic (exact) mass is 508 g/mol. The molecule has 4 rings (SSSR count). The van der Waals surface area contributed by atoms with Crippen molar-refractivity contribution in [2.75, 3.05) is 18.0 Å². The molecular formula is C24H27F3N4O3S. The van der Waals surface area contributed by atoms with Crippen LogP contribution in [0.5, 0.6) is 0 Å². The highest BCUT2D eigenvalue weighted by atomic mass is 32.2. The van der Waals surface area contributed by atoms with Crippen LogP contribution in [0.3, 0.4) is 0 Å². The van der Waals surface area contributed by atoms with Gasteiger partial charge in [0.15, 0.2) is 5.25 Å². The van der Waals surface area contributed by atoms with Crippen molar-refractivity contribution < 1.29 is 26.4 Å². The van der Waals surface area contributed by atoms with Gasteiger partial charge in [-0.15, -0.1) is 0 Å². The van der Waals surface area contributed by atoms with Crippen molar-refractivity contribution in [3.63, 3.8) is 0 Å². The molecule has 35 heavy (non-hydrogen) atoms. The number of anilines is 1. The van der Waals surface area contributed by atoms with E-state index in [1.807, 2.05) is 0 Å². The zero-order valence-corrected chi connectivity index (χ0v) is 20.5. The number of carbonyl (C=O) groups is 1. The van der Waals surface area contributed by atoms with Gasteiger partial charge in [-0.05, 0) is 51.3 Å². The molecule has 1 aromatic heterocycles. The molecule has 2 aromatic rings. The van der Waals surface area contributed by atoms with Crippen LogP contribution in [0.1, 0.15) is 50.0 Å². The molecule has 3 heterocycles. The third kappa shape index (κ3) is 4.91. The van der Waals surface area contributed by atoms with Crippen molar-refractivity contribution in [1.82, 2.24) is 9.29 Å². The van der Waals surface area contributed by atoms with Crippen molar-refractivity contribution in [2.24, 2.45) is 4.99 Å². The number of hydrogen-bond acceptors (Lipinski definition) is 6. The van der Waals surface area contributed by atoms with Crippen LogP contribution in [-0.2, 0) is 21.0 Å². The third-order valence-electron chi connectivity index (χ3n) is 6.10. The molecule has 7 nitrogen and oxygen atoms in total. The molecule has 1 atom stereocenters. The van der Waals surface area contributed by atoms with Crippen LogP contribution in [0.15, 0.2) is 53.7 Å². The summed E-state index contributed by atoms with van der Waals surface area (Å²) < 4.78 is 67.1. The highest BCUT2D eigenvalue weighted by molar-refractivity contribution is 7.91. The molecule has 0 radical (unpaired) electrons. The second-order valence-electron chi connectivity index (χ2n) is 9.71. The number of pyridine rings is 1. The standard InChI is InChI=1S/C24H27F3N4O3S/c1-23(2,3)31-22(32)20(21(35(31,33)34)16-7-5-4-6-8-16)29-18-10-13-30(14-11-18)19-15-17(9-12-28-19)24(25,26)27/h4-9,12,15,18,21H,10-11,13-14H2,1-3H3. The van der Waals surface area contributed by atoms with Crippen molar-refractivity contribution in [3.8, 4) is 0 Å². The number of benzene rings is 1. The third-order valence-corrected chi connectivity index (χ3v) is 8.41. The molecule has 188 valence electrons. The summed E-state index contributed by atoms with van der Waals surface area (Å²) in [7, 11) is -4.03. The van der Waals surface area contributed by atoms with Gasteiger partial charge >= 0.3 is 6.18 Å². The Morgan fingerprint density at radius 3 is 2.23 bits per heavy atom. The van der Waals surface area contributed by atoms with Gasteiger partial charge in [-0.25, -0.2) is 17.7 Å². The topological polar surface area (TPSA) is 82.9 Å². The summed E-state index contributed by atoms with van der Waals surface area (Å²) in [5.74, 6) is -0.403. The zero-order valence-electron chi connectivity index (χ0n) is 19.7. The Kier molecular flexibility index (Phi) is 6.41. The Labute approximate surface area is 202 Å². The SMILES string of the molecule is CC(C)(C)N1C(=O)C(=NC2CCN(c3cc(C(F)(F)F)ccn3)CC2)C(c2ccccc2)S1(=O)=O. The van der Waals surface area contributed by atoms with E-state index in [1.54, 1.807) is 56.0 Å². The van der Waals surface area contributed by atoms with Crippen LogP contribution in [0.4, 0.5) is 19.0 Å². The lowest BCUT2D eigenvalue weighted by Gasteiger charge is -2.31. The molecule has 1 amide bonds. The number of hydrogen-bond donors (Lipinski definition) is 0. The van der Waals surface area contributed by atoms with Crippen molar-refractivity contribution in [3.05, 3.63) is 59.8 Å². The van der Waals surface area contributed by atoms with E-state index in [2.05, 4.69) is 9.98 Å². The summed E-state index contributed by atoms with van der Waals surface area (Å²) in [6.07, 6.45) is -2.42. The predicted molar refractivity (Wildman–Crippen MR) is 127 cm³/mol. The largest absolute Gasteiger partial charge is 0.416 e. The molecule has 1 aromatic carbocycles. The summed E-state index contributed by atoms with van der Waals surface area (Å²) in [4.78, 5) is 23.8. The lowest BCUT2D eigenvalue weighted by molar-refractivity contribution is -0.137. The number of aliphatic imine (C=N–C) groups is 1. The first-order valence-electron chi connectivity index (χ1n) is 11.3. The van der Waals surface area contributed by atoms with Crippen LogP contribution in [-0.4, -0.2) is 54.0 Å². The number of amides is 1. The Hall–Kier alpha value is -2.95. The number of nitrogens with zero attached hydrogens (tertiary/aromatic N) is 4. The molecule has 0 N–H and O–H groups in total. The Bertz CT molecular complexity index is 1230. The first-order chi connectivity index (χ1) is 16.3. The van der Waals surface area contributed by atoms with Gasteiger partial charge in [0, 0.05) is 19.3 Å². The van der Waals surface area contributed by atoms with Gasteiger partial charge in [-0.1, -0.05) is 30.3 Å². The van der Waals surface area contributed by atoms with E-state index >= 15 is 0 Å². The normalized spacial score (nSPS) is 22.7. The molecule has 0 aliphatic carbocycles. The number of rotatable bonds is 3. The van der Waals surface area contributed by atoms with Crippen LogP contribution in [0.25, 0.3) is 0 Å². The molecule has 2 aliphatic rings. The van der Waals surface area contributed by atoms with Crippen LogP contribution >= 0.6 is 0 Å². The number of carbonyl (C=O) groups excluding carboxylic acids is 1. The first kappa shape index (κ1) is 25.2. The minimum Gasteiger partial charge on any atom is -0.356 e. The van der Waals surface area contributed by atoms with E-state index in [-0.39, 0.29) is 17.6 Å². The van der Waals surface area contributed by atoms with E-state index in [1.165, 1.54) is 0 Å². The van der Waals surface area contributed by atoms with Gasteiger partial charge in [0.25, 0.3) is 15.9 Å². The summed E-state index contributed by atoms with van der Waals surface area (Å²) in [5.41, 5.74) is -1.27. The fraction of sp³-hybridized carbons (Fsp3) is 0.458. The fourth-order valence-electron chi connectivity index (χ4n) is 4.53. The molecule has 0 saturated carbocycles. The zero-order chi connectivity index (χ0) is 25.6. The lowest BCUT2D eigenvalue weighted by Crippen LogP contribution is -2.45. The average Bonchev–Trinajstić information content (AvgIpc) is 2.98. The smallest absolute Gasteiger partial charge is 0.356 e. The fourth-order valence-corrected chi connectivity index (χ4v) is 6.78. The molecule has 11 heteroatoms. The van der Waals surface area contributed by atoms with Crippen molar-refractivity contribution >= 4 is 27.5 Å². The van der Waals surface area contributed by atoms with E-state index in [4.69, 9.17) is 0 Å². The molecular weight excluding hydrogens is 481 g/mol. The summed E-state index contributed by atoms with van der Waals surface area (Å²) in [6.45, 7) is 5.75. The number of aromatic nitrogens is 1. The van der Waals surface area contributed by atoms with E-state index < -0.39 is 38.5 Å². The van der Waals surface area contributed by atoms with Gasteiger partial charge in [0.05, 0.1) is 17.1 Å². The summed E-state index contributed by atoms with van der Waals surface area (Å²) in [5, 5.41) is -1.20. The average molecular weight is 509 g/mol. The van der Waals surface area contributed by atoms with Gasteiger partial charge in [0.1, 0.15) is 11.5 Å². The van der Waals surface area contributed by atoms with Crippen molar-refractivity contribution in [2.45, 2.75) is 56.6 Å². The maximum Gasteiger partial charge on any atom is 0.416 e. The Balaban J connectivity index is 1.61. The summed E-state index contributed by atoms with van der Waals surface area (Å²) >= 11 is 0. The lowest BCUT2D eigenvalue weighted by atomic mass is 10.0. The second-order valence-corrected chi connectivity index (χ2v) is 11.6. The van der Waals surface area contributed by atoms with Crippen molar-refractivity contribution in [1.29, 1.82) is 0 Å². The van der Waals surface area contributed by atoms with Gasteiger partial charge < -0.3 is 4.90 Å². The number of sulfonamides is 1. The first-order valence-corrected chi connectivity index (χ1v) is 12.8. The highest BCUT2D eigenvalue weighted by Gasteiger charge is 2.54. The number of halogens is 3. The molecule has 2 aliphatic heterocycles. The maximum atomic E-state index is 13.5. The Morgan fingerprint density at radius 1 is 1.03 bits per heavy atom.